The summed E-state index contributed by atoms with van der Waals surface area (Å²) in [6.07, 6.45) is -5.49. The highest BCUT2D eigenvalue weighted by Crippen LogP contribution is 2.66. The van der Waals surface area contributed by atoms with Crippen molar-refractivity contribution in [2.45, 2.75) is 25.2 Å². The molecule has 0 fully saturated rings. The van der Waals surface area contributed by atoms with Gasteiger partial charge in [0.25, 0.3) is 0 Å². The van der Waals surface area contributed by atoms with Crippen LogP contribution < -0.4 is 0 Å². The minimum absolute atomic E-state index is 0.123. The molecule has 6 heteroatoms. The van der Waals surface area contributed by atoms with E-state index in [-0.39, 0.29) is 6.42 Å². The van der Waals surface area contributed by atoms with Gasteiger partial charge in [-0.25, -0.2) is 0 Å². The molecule has 2 bridgehead atoms. The van der Waals surface area contributed by atoms with Gasteiger partial charge in [0.2, 0.25) is 0 Å². The van der Waals surface area contributed by atoms with Gasteiger partial charge in [-0.2, -0.15) is 26.3 Å². The van der Waals surface area contributed by atoms with Crippen LogP contribution in [0.4, 0.5) is 26.3 Å². The molecule has 0 saturated heterocycles. The van der Waals surface area contributed by atoms with Crippen LogP contribution in [0.5, 0.6) is 0 Å². The third-order valence-corrected chi connectivity index (χ3v) is 3.93. The zero-order chi connectivity index (χ0) is 13.3. The van der Waals surface area contributed by atoms with E-state index in [2.05, 4.69) is 0 Å². The Bertz CT molecular complexity index is 502. The average Bonchev–Trinajstić information content (AvgIpc) is 2.75. The summed E-state index contributed by atoms with van der Waals surface area (Å²) in [7, 11) is 0. The highest BCUT2D eigenvalue weighted by molar-refractivity contribution is 5.57. The van der Waals surface area contributed by atoms with E-state index in [0.29, 0.717) is 12.0 Å². The van der Waals surface area contributed by atoms with Gasteiger partial charge in [-0.1, -0.05) is 23.8 Å². The monoisotopic (exact) mass is 266 g/mol. The van der Waals surface area contributed by atoms with Gasteiger partial charge in [-0.05, 0) is 12.8 Å². The maximum absolute atomic E-state index is 13.0. The van der Waals surface area contributed by atoms with Crippen LogP contribution in [0.15, 0.2) is 34.9 Å². The standard InChI is InChI=1S/C12H8F6/c13-11(14,15)8-6-4-7-2-1-3-10(7,5-6)9(8)12(16,17)18/h1,3-4,6H,2,5H2. The molecule has 3 rings (SSSR count). The summed E-state index contributed by atoms with van der Waals surface area (Å²) in [4.78, 5) is 0. The molecule has 2 atom stereocenters. The Hall–Kier alpha value is -1.20. The first-order chi connectivity index (χ1) is 8.16. The quantitative estimate of drug-likeness (QED) is 0.452. The van der Waals surface area contributed by atoms with Crippen molar-refractivity contribution in [2.24, 2.45) is 11.3 Å². The zero-order valence-corrected chi connectivity index (χ0v) is 8.99. The van der Waals surface area contributed by atoms with Crippen molar-refractivity contribution in [3.05, 3.63) is 34.9 Å². The number of alkyl halides is 6. The maximum atomic E-state index is 13.0. The van der Waals surface area contributed by atoms with Gasteiger partial charge in [-0.15, -0.1) is 0 Å². The van der Waals surface area contributed by atoms with E-state index < -0.39 is 34.8 Å². The second-order valence-corrected chi connectivity index (χ2v) is 4.86. The highest BCUT2D eigenvalue weighted by Gasteiger charge is 2.64. The molecule has 3 aliphatic rings. The Morgan fingerprint density at radius 3 is 2.28 bits per heavy atom. The number of hydrogen-bond acceptors (Lipinski definition) is 0. The van der Waals surface area contributed by atoms with Gasteiger partial charge >= 0.3 is 12.4 Å². The van der Waals surface area contributed by atoms with Crippen LogP contribution in [0, 0.1) is 11.3 Å². The third kappa shape index (κ3) is 1.29. The first kappa shape index (κ1) is 11.9. The maximum Gasteiger partial charge on any atom is 0.414 e. The number of fused-ring (bicyclic) bond motifs is 1. The van der Waals surface area contributed by atoms with Gasteiger partial charge in [0.15, 0.2) is 0 Å². The van der Waals surface area contributed by atoms with Crippen LogP contribution in [0.3, 0.4) is 0 Å². The van der Waals surface area contributed by atoms with Crippen molar-refractivity contribution in [3.8, 4) is 0 Å². The number of halogens is 6. The Morgan fingerprint density at radius 1 is 1.06 bits per heavy atom. The number of allylic oxidation sites excluding steroid dienone is 6. The van der Waals surface area contributed by atoms with Crippen molar-refractivity contribution in [1.82, 2.24) is 0 Å². The molecule has 98 valence electrons. The summed E-state index contributed by atoms with van der Waals surface area (Å²) in [5, 5.41) is 0. The molecule has 0 aromatic heterocycles. The largest absolute Gasteiger partial charge is 0.414 e. The molecule has 0 saturated carbocycles. The molecule has 0 aromatic rings. The van der Waals surface area contributed by atoms with Crippen LogP contribution in [-0.2, 0) is 0 Å². The lowest BCUT2D eigenvalue weighted by molar-refractivity contribution is -0.120. The fourth-order valence-corrected chi connectivity index (χ4v) is 3.46. The SMILES string of the molecule is FC(F)(F)C1=C(C(F)(F)F)C23C=CCC2=CC1C3. The van der Waals surface area contributed by atoms with E-state index in [1.165, 1.54) is 18.2 Å². The number of hydrogen-bond donors (Lipinski definition) is 0. The smallest absolute Gasteiger partial charge is 0.166 e. The highest BCUT2D eigenvalue weighted by atomic mass is 19.4. The van der Waals surface area contributed by atoms with Crippen LogP contribution in [0.1, 0.15) is 12.8 Å². The molecule has 0 nitrogen and oxygen atoms in total. The minimum atomic E-state index is -4.94. The lowest BCUT2D eigenvalue weighted by atomic mass is 9.77. The van der Waals surface area contributed by atoms with Gasteiger partial charge in [-0.3, -0.25) is 0 Å². The molecule has 0 radical (unpaired) electrons. The van der Waals surface area contributed by atoms with E-state index >= 15 is 0 Å². The predicted octanol–water partition coefficient (Wildman–Crippen LogP) is 4.31. The van der Waals surface area contributed by atoms with E-state index in [4.69, 9.17) is 0 Å². The molecule has 0 heterocycles. The lowest BCUT2D eigenvalue weighted by Gasteiger charge is -2.29. The Morgan fingerprint density at radius 2 is 1.72 bits per heavy atom. The third-order valence-electron chi connectivity index (χ3n) is 3.93. The van der Waals surface area contributed by atoms with Crippen LogP contribution >= 0.6 is 0 Å². The molecule has 0 amide bonds. The van der Waals surface area contributed by atoms with Crippen molar-refractivity contribution >= 4 is 0 Å². The second kappa shape index (κ2) is 3.03. The summed E-state index contributed by atoms with van der Waals surface area (Å²) in [5.41, 5.74) is -3.86. The first-order valence-corrected chi connectivity index (χ1v) is 5.44. The fraction of sp³-hybridized carbons (Fsp3) is 0.500. The Balaban J connectivity index is 2.24. The Labute approximate surface area is 98.7 Å². The number of rotatable bonds is 0. The first-order valence-electron chi connectivity index (χ1n) is 5.44. The molecule has 0 aliphatic heterocycles. The predicted molar refractivity (Wildman–Crippen MR) is 51.5 cm³/mol. The molecule has 18 heavy (non-hydrogen) atoms. The van der Waals surface area contributed by atoms with Crippen molar-refractivity contribution in [1.29, 1.82) is 0 Å². The van der Waals surface area contributed by atoms with Gasteiger partial charge in [0.1, 0.15) is 0 Å². The van der Waals surface area contributed by atoms with Crippen LogP contribution in [-0.4, -0.2) is 12.4 Å². The van der Waals surface area contributed by atoms with Crippen molar-refractivity contribution < 1.29 is 26.3 Å². The summed E-state index contributed by atoms with van der Waals surface area (Å²) in [5.74, 6) is -1.14. The average molecular weight is 266 g/mol. The van der Waals surface area contributed by atoms with Gasteiger partial charge < -0.3 is 0 Å². The van der Waals surface area contributed by atoms with Crippen LogP contribution in [0.2, 0.25) is 0 Å². The molecule has 1 spiro atoms. The molecule has 2 unspecified atom stereocenters. The van der Waals surface area contributed by atoms with E-state index in [0.717, 1.165) is 0 Å². The molecule has 0 N–H and O–H groups in total. The summed E-state index contributed by atoms with van der Waals surface area (Å²) in [6, 6.07) is 0. The molecule has 0 aromatic carbocycles. The summed E-state index contributed by atoms with van der Waals surface area (Å²) < 4.78 is 77.6. The van der Waals surface area contributed by atoms with E-state index in [9.17, 15) is 26.3 Å². The fourth-order valence-electron chi connectivity index (χ4n) is 3.46. The minimum Gasteiger partial charge on any atom is -0.166 e. The van der Waals surface area contributed by atoms with Gasteiger partial charge in [0, 0.05) is 16.9 Å². The van der Waals surface area contributed by atoms with E-state index in [1.807, 2.05) is 0 Å². The van der Waals surface area contributed by atoms with E-state index in [1.54, 1.807) is 0 Å². The van der Waals surface area contributed by atoms with Crippen molar-refractivity contribution in [2.75, 3.05) is 0 Å². The summed E-state index contributed by atoms with van der Waals surface area (Å²) >= 11 is 0. The molecular formula is C12H8F6. The summed E-state index contributed by atoms with van der Waals surface area (Å²) in [6.45, 7) is 0. The normalized spacial score (nSPS) is 34.3. The molecule has 3 aliphatic carbocycles. The molecular weight excluding hydrogens is 258 g/mol. The Kier molecular flexibility index (Phi) is 2.00. The lowest BCUT2D eigenvalue weighted by Crippen LogP contribution is -2.30. The zero-order valence-electron chi connectivity index (χ0n) is 8.99. The van der Waals surface area contributed by atoms with Crippen molar-refractivity contribution in [3.63, 3.8) is 0 Å². The van der Waals surface area contributed by atoms with Crippen LogP contribution in [0.25, 0.3) is 0 Å². The van der Waals surface area contributed by atoms with Gasteiger partial charge in [0.05, 0.1) is 5.57 Å². The second-order valence-electron chi connectivity index (χ2n) is 4.86. The topological polar surface area (TPSA) is 0 Å².